The number of nitrogens with zero attached hydrogens (tertiary/aromatic N) is 1. The molecule has 1 aliphatic heterocycles. The maximum Gasteiger partial charge on any atom is 0.123 e. The highest BCUT2D eigenvalue weighted by molar-refractivity contribution is 5.22. The number of halogens is 1. The van der Waals surface area contributed by atoms with Crippen molar-refractivity contribution in [2.75, 3.05) is 26.2 Å². The molecule has 1 N–H and O–H groups in total. The van der Waals surface area contributed by atoms with Gasteiger partial charge in [-0.1, -0.05) is 32.9 Å². The zero-order chi connectivity index (χ0) is 14.5. The number of likely N-dealkylation sites (N-methyl/N-ethyl adjacent to an activating group) is 1. The van der Waals surface area contributed by atoms with Crippen molar-refractivity contribution in [3.63, 3.8) is 0 Å². The fraction of sp³-hybridized carbons (Fsp3) is 0.647. The number of rotatable bonds is 5. The molecule has 112 valence electrons. The van der Waals surface area contributed by atoms with Crippen LogP contribution in [-0.2, 0) is 0 Å². The zero-order valence-corrected chi connectivity index (χ0v) is 12.9. The fourth-order valence-electron chi connectivity index (χ4n) is 3.00. The largest absolute Gasteiger partial charge is 0.312 e. The van der Waals surface area contributed by atoms with Gasteiger partial charge >= 0.3 is 0 Å². The van der Waals surface area contributed by atoms with Gasteiger partial charge in [0.1, 0.15) is 5.82 Å². The van der Waals surface area contributed by atoms with Gasteiger partial charge in [0.25, 0.3) is 0 Å². The van der Waals surface area contributed by atoms with E-state index in [1.165, 1.54) is 6.07 Å². The van der Waals surface area contributed by atoms with Crippen molar-refractivity contribution < 1.29 is 4.39 Å². The normalized spacial score (nSPS) is 24.2. The van der Waals surface area contributed by atoms with Crippen LogP contribution in [0.25, 0.3) is 0 Å². The van der Waals surface area contributed by atoms with Gasteiger partial charge < -0.3 is 10.2 Å². The third-order valence-corrected chi connectivity index (χ3v) is 4.11. The van der Waals surface area contributed by atoms with Crippen molar-refractivity contribution in [2.45, 2.75) is 39.2 Å². The summed E-state index contributed by atoms with van der Waals surface area (Å²) in [5.41, 5.74) is 1.14. The van der Waals surface area contributed by atoms with Gasteiger partial charge in [0.2, 0.25) is 0 Å². The van der Waals surface area contributed by atoms with Gasteiger partial charge in [-0.05, 0) is 49.0 Å². The molecule has 0 saturated carbocycles. The van der Waals surface area contributed by atoms with Crippen LogP contribution in [-0.4, -0.2) is 37.1 Å². The van der Waals surface area contributed by atoms with Gasteiger partial charge in [0, 0.05) is 19.1 Å². The summed E-state index contributed by atoms with van der Waals surface area (Å²) in [5, 5.41) is 3.66. The third kappa shape index (κ3) is 4.29. The summed E-state index contributed by atoms with van der Waals surface area (Å²) >= 11 is 0. The minimum absolute atomic E-state index is 0.122. The minimum atomic E-state index is -0.122. The van der Waals surface area contributed by atoms with E-state index < -0.39 is 0 Å². The standard InChI is InChI=1S/C17H27FN2/c1-4-20-11-15(14-6-5-7-16(18)8-14)9-17(12-20)19-10-13(2)3/h5-8,13,15,17,19H,4,9-12H2,1-3H3. The second kappa shape index (κ2) is 7.19. The summed E-state index contributed by atoms with van der Waals surface area (Å²) in [6.45, 7) is 10.9. The fourth-order valence-corrected chi connectivity index (χ4v) is 3.00. The van der Waals surface area contributed by atoms with Crippen LogP contribution in [0, 0.1) is 11.7 Å². The molecule has 2 nitrogen and oxygen atoms in total. The first-order chi connectivity index (χ1) is 9.58. The lowest BCUT2D eigenvalue weighted by Gasteiger charge is -2.38. The van der Waals surface area contributed by atoms with E-state index in [0.717, 1.165) is 38.2 Å². The van der Waals surface area contributed by atoms with Crippen LogP contribution < -0.4 is 5.32 Å². The van der Waals surface area contributed by atoms with Gasteiger partial charge in [-0.25, -0.2) is 4.39 Å². The average Bonchev–Trinajstić information content (AvgIpc) is 2.44. The monoisotopic (exact) mass is 278 g/mol. The number of hydrogen-bond acceptors (Lipinski definition) is 2. The van der Waals surface area contributed by atoms with Crippen molar-refractivity contribution >= 4 is 0 Å². The molecule has 1 fully saturated rings. The maximum absolute atomic E-state index is 13.4. The van der Waals surface area contributed by atoms with E-state index in [0.29, 0.717) is 17.9 Å². The molecule has 0 aliphatic carbocycles. The van der Waals surface area contributed by atoms with E-state index >= 15 is 0 Å². The van der Waals surface area contributed by atoms with E-state index in [1.54, 1.807) is 6.07 Å². The lowest BCUT2D eigenvalue weighted by molar-refractivity contribution is 0.176. The maximum atomic E-state index is 13.4. The Kier molecular flexibility index (Phi) is 5.55. The first-order valence-corrected chi connectivity index (χ1v) is 7.79. The van der Waals surface area contributed by atoms with E-state index in [1.807, 2.05) is 6.07 Å². The molecule has 1 aliphatic rings. The Morgan fingerprint density at radius 3 is 2.80 bits per heavy atom. The van der Waals surface area contributed by atoms with Crippen LogP contribution in [0.15, 0.2) is 24.3 Å². The highest BCUT2D eigenvalue weighted by atomic mass is 19.1. The molecule has 1 heterocycles. The highest BCUT2D eigenvalue weighted by Gasteiger charge is 2.27. The van der Waals surface area contributed by atoms with E-state index in [-0.39, 0.29) is 5.82 Å². The van der Waals surface area contributed by atoms with Gasteiger partial charge in [-0.3, -0.25) is 0 Å². The van der Waals surface area contributed by atoms with Crippen molar-refractivity contribution in [3.8, 4) is 0 Å². The second-order valence-corrected chi connectivity index (χ2v) is 6.34. The van der Waals surface area contributed by atoms with E-state index in [4.69, 9.17) is 0 Å². The summed E-state index contributed by atoms with van der Waals surface area (Å²) in [7, 11) is 0. The summed E-state index contributed by atoms with van der Waals surface area (Å²) in [5.74, 6) is 0.978. The summed E-state index contributed by atoms with van der Waals surface area (Å²) in [6.07, 6.45) is 1.10. The van der Waals surface area contributed by atoms with Gasteiger partial charge in [0.15, 0.2) is 0 Å². The quantitative estimate of drug-likeness (QED) is 0.889. The molecule has 2 rings (SSSR count). The smallest absolute Gasteiger partial charge is 0.123 e. The van der Waals surface area contributed by atoms with Crippen molar-refractivity contribution in [3.05, 3.63) is 35.6 Å². The molecule has 0 amide bonds. The average molecular weight is 278 g/mol. The Labute approximate surface area is 122 Å². The molecule has 0 radical (unpaired) electrons. The first-order valence-electron chi connectivity index (χ1n) is 7.79. The third-order valence-electron chi connectivity index (χ3n) is 4.11. The molecule has 1 aromatic rings. The van der Waals surface area contributed by atoms with Crippen molar-refractivity contribution in [1.82, 2.24) is 10.2 Å². The van der Waals surface area contributed by atoms with Crippen LogP contribution in [0.2, 0.25) is 0 Å². The molecule has 2 unspecified atom stereocenters. The zero-order valence-electron chi connectivity index (χ0n) is 12.9. The number of nitrogens with one attached hydrogen (secondary N) is 1. The molecule has 0 aromatic heterocycles. The van der Waals surface area contributed by atoms with Crippen LogP contribution in [0.1, 0.15) is 38.7 Å². The predicted molar refractivity (Wildman–Crippen MR) is 82.5 cm³/mol. The van der Waals surface area contributed by atoms with Crippen LogP contribution in [0.5, 0.6) is 0 Å². The molecule has 3 heteroatoms. The summed E-state index contributed by atoms with van der Waals surface area (Å²) in [4.78, 5) is 2.47. The summed E-state index contributed by atoms with van der Waals surface area (Å²) in [6, 6.07) is 7.62. The first kappa shape index (κ1) is 15.5. The Bertz CT molecular complexity index is 419. The van der Waals surface area contributed by atoms with Crippen LogP contribution in [0.3, 0.4) is 0 Å². The number of benzene rings is 1. The van der Waals surface area contributed by atoms with Gasteiger partial charge in [0.05, 0.1) is 0 Å². The van der Waals surface area contributed by atoms with Crippen molar-refractivity contribution in [2.24, 2.45) is 5.92 Å². The minimum Gasteiger partial charge on any atom is -0.312 e. The summed E-state index contributed by atoms with van der Waals surface area (Å²) < 4.78 is 13.4. The molecule has 20 heavy (non-hydrogen) atoms. The van der Waals surface area contributed by atoms with Crippen LogP contribution in [0.4, 0.5) is 4.39 Å². The SMILES string of the molecule is CCN1CC(NCC(C)C)CC(c2cccc(F)c2)C1. The molecular formula is C17H27FN2. The van der Waals surface area contributed by atoms with Gasteiger partial charge in [-0.2, -0.15) is 0 Å². The van der Waals surface area contributed by atoms with E-state index in [2.05, 4.69) is 37.1 Å². The number of hydrogen-bond donors (Lipinski definition) is 1. The predicted octanol–water partition coefficient (Wildman–Crippen LogP) is 3.25. The lowest BCUT2D eigenvalue weighted by atomic mass is 9.88. The highest BCUT2D eigenvalue weighted by Crippen LogP contribution is 2.27. The second-order valence-electron chi connectivity index (χ2n) is 6.34. The molecule has 1 saturated heterocycles. The Morgan fingerprint density at radius 1 is 1.35 bits per heavy atom. The van der Waals surface area contributed by atoms with Gasteiger partial charge in [-0.15, -0.1) is 0 Å². The number of piperidine rings is 1. The topological polar surface area (TPSA) is 15.3 Å². The number of likely N-dealkylation sites (tertiary alicyclic amines) is 1. The van der Waals surface area contributed by atoms with Crippen LogP contribution >= 0.6 is 0 Å². The van der Waals surface area contributed by atoms with Crippen molar-refractivity contribution in [1.29, 1.82) is 0 Å². The Hall–Kier alpha value is -0.930. The molecule has 0 spiro atoms. The lowest BCUT2D eigenvalue weighted by Crippen LogP contribution is -2.49. The van der Waals surface area contributed by atoms with E-state index in [9.17, 15) is 4.39 Å². The molecular weight excluding hydrogens is 251 g/mol. The molecule has 0 bridgehead atoms. The molecule has 2 atom stereocenters. The Morgan fingerprint density at radius 2 is 2.15 bits per heavy atom. The Balaban J connectivity index is 2.04. The molecule has 1 aromatic carbocycles.